The van der Waals surface area contributed by atoms with Gasteiger partial charge >= 0.3 is 11.8 Å². The average molecular weight is 310 g/mol. The highest BCUT2D eigenvalue weighted by Gasteiger charge is 2.13. The zero-order valence-corrected chi connectivity index (χ0v) is 13.1. The first-order valence-electron chi connectivity index (χ1n) is 7.21. The number of carbonyl (C=O) groups excluding carboxylic acids is 3. The van der Waals surface area contributed by atoms with E-state index in [9.17, 15) is 14.4 Å². The van der Waals surface area contributed by atoms with Gasteiger partial charge in [0.25, 0.3) is 0 Å². The zero-order chi connectivity index (χ0) is 16.8. The van der Waals surface area contributed by atoms with Gasteiger partial charge in [0.05, 0.1) is 0 Å². The van der Waals surface area contributed by atoms with E-state index in [1.807, 2.05) is 31.2 Å². The van der Waals surface area contributed by atoms with Crippen molar-refractivity contribution in [3.63, 3.8) is 0 Å². The molecule has 2 N–H and O–H groups in total. The van der Waals surface area contributed by atoms with Gasteiger partial charge in [-0.2, -0.15) is 0 Å². The molecule has 2 aromatic carbocycles. The van der Waals surface area contributed by atoms with Crippen LogP contribution in [0.2, 0.25) is 0 Å². The molecule has 0 saturated heterocycles. The second-order valence-electron chi connectivity index (χ2n) is 5.26. The number of aryl methyl sites for hydroxylation is 1. The third-order valence-corrected chi connectivity index (χ3v) is 3.27. The van der Waals surface area contributed by atoms with Crippen LogP contribution in [0.3, 0.4) is 0 Å². The molecule has 2 aromatic rings. The number of rotatable bonds is 4. The van der Waals surface area contributed by atoms with Crippen LogP contribution in [0, 0.1) is 6.92 Å². The topological polar surface area (TPSA) is 75.3 Å². The standard InChI is InChI=1S/C18H18N2O3/c1-12-5-3-6-14(9-12)11-19-17(22)18(23)20-16-8-4-7-15(10-16)13(2)21/h3-10H,11H2,1-2H3,(H,19,22)(H,20,23). The van der Waals surface area contributed by atoms with Gasteiger partial charge in [0.1, 0.15) is 0 Å². The smallest absolute Gasteiger partial charge is 0.313 e. The summed E-state index contributed by atoms with van der Waals surface area (Å²) in [5.41, 5.74) is 2.89. The maximum Gasteiger partial charge on any atom is 0.313 e. The minimum Gasteiger partial charge on any atom is -0.344 e. The van der Waals surface area contributed by atoms with Gasteiger partial charge in [-0.15, -0.1) is 0 Å². The molecule has 2 rings (SSSR count). The fourth-order valence-corrected chi connectivity index (χ4v) is 2.09. The van der Waals surface area contributed by atoms with Crippen LogP contribution in [0.4, 0.5) is 5.69 Å². The Morgan fingerprint density at radius 2 is 1.70 bits per heavy atom. The van der Waals surface area contributed by atoms with Crippen molar-refractivity contribution in [1.82, 2.24) is 5.32 Å². The van der Waals surface area contributed by atoms with Gasteiger partial charge < -0.3 is 10.6 Å². The van der Waals surface area contributed by atoms with E-state index < -0.39 is 11.8 Å². The van der Waals surface area contributed by atoms with Gasteiger partial charge in [-0.05, 0) is 31.5 Å². The van der Waals surface area contributed by atoms with Crippen molar-refractivity contribution in [3.8, 4) is 0 Å². The highest BCUT2D eigenvalue weighted by Crippen LogP contribution is 2.11. The molecule has 5 heteroatoms. The maximum atomic E-state index is 11.9. The summed E-state index contributed by atoms with van der Waals surface area (Å²) < 4.78 is 0. The summed E-state index contributed by atoms with van der Waals surface area (Å²) in [6.45, 7) is 3.68. The molecular weight excluding hydrogens is 292 g/mol. The molecule has 0 heterocycles. The Labute approximate surface area is 134 Å². The Morgan fingerprint density at radius 3 is 2.39 bits per heavy atom. The van der Waals surface area contributed by atoms with Crippen LogP contribution in [0.5, 0.6) is 0 Å². The number of anilines is 1. The first-order valence-corrected chi connectivity index (χ1v) is 7.21. The van der Waals surface area contributed by atoms with Gasteiger partial charge in [-0.25, -0.2) is 0 Å². The summed E-state index contributed by atoms with van der Waals surface area (Å²) in [5.74, 6) is -1.59. The number of nitrogens with one attached hydrogen (secondary N) is 2. The van der Waals surface area contributed by atoms with Crippen molar-refractivity contribution in [1.29, 1.82) is 0 Å². The van der Waals surface area contributed by atoms with E-state index in [0.717, 1.165) is 11.1 Å². The van der Waals surface area contributed by atoms with Crippen LogP contribution >= 0.6 is 0 Å². The Morgan fingerprint density at radius 1 is 0.957 bits per heavy atom. The van der Waals surface area contributed by atoms with Crippen LogP contribution in [0.1, 0.15) is 28.4 Å². The van der Waals surface area contributed by atoms with Crippen molar-refractivity contribution in [2.45, 2.75) is 20.4 Å². The molecule has 5 nitrogen and oxygen atoms in total. The van der Waals surface area contributed by atoms with E-state index >= 15 is 0 Å². The molecule has 0 aliphatic rings. The minimum atomic E-state index is -0.765. The van der Waals surface area contributed by atoms with Crippen LogP contribution in [0.25, 0.3) is 0 Å². The van der Waals surface area contributed by atoms with Crippen molar-refractivity contribution in [2.75, 3.05) is 5.32 Å². The molecule has 0 saturated carbocycles. The second-order valence-corrected chi connectivity index (χ2v) is 5.26. The SMILES string of the molecule is CC(=O)c1cccc(NC(=O)C(=O)NCc2cccc(C)c2)c1. The number of carbonyl (C=O) groups is 3. The number of benzene rings is 2. The fraction of sp³-hybridized carbons (Fsp3) is 0.167. The Bertz CT molecular complexity index is 753. The van der Waals surface area contributed by atoms with Gasteiger partial charge in [-0.3, -0.25) is 14.4 Å². The molecule has 23 heavy (non-hydrogen) atoms. The van der Waals surface area contributed by atoms with Crippen molar-refractivity contribution in [2.24, 2.45) is 0 Å². The van der Waals surface area contributed by atoms with E-state index in [0.29, 0.717) is 11.3 Å². The van der Waals surface area contributed by atoms with Crippen LogP contribution in [-0.4, -0.2) is 17.6 Å². The molecule has 0 aliphatic heterocycles. The van der Waals surface area contributed by atoms with Crippen LogP contribution in [0.15, 0.2) is 48.5 Å². The lowest BCUT2D eigenvalue weighted by atomic mass is 10.1. The number of Topliss-reactive ketones (excluding diaryl/α,β-unsaturated/α-hetero) is 1. The Hall–Kier alpha value is -2.95. The van der Waals surface area contributed by atoms with E-state index in [4.69, 9.17) is 0 Å². The largest absolute Gasteiger partial charge is 0.344 e. The molecule has 0 radical (unpaired) electrons. The second kappa shape index (κ2) is 7.35. The number of hydrogen-bond donors (Lipinski definition) is 2. The minimum absolute atomic E-state index is 0.106. The van der Waals surface area contributed by atoms with E-state index in [1.165, 1.54) is 13.0 Å². The third kappa shape index (κ3) is 4.78. The Kier molecular flexibility index (Phi) is 5.25. The predicted molar refractivity (Wildman–Crippen MR) is 88.1 cm³/mol. The van der Waals surface area contributed by atoms with Crippen LogP contribution in [-0.2, 0) is 16.1 Å². The number of amides is 2. The molecular formula is C18H18N2O3. The average Bonchev–Trinajstić information content (AvgIpc) is 2.52. The molecule has 0 aromatic heterocycles. The molecule has 0 spiro atoms. The molecule has 118 valence electrons. The Balaban J connectivity index is 1.93. The van der Waals surface area contributed by atoms with Crippen molar-refractivity contribution < 1.29 is 14.4 Å². The monoisotopic (exact) mass is 310 g/mol. The van der Waals surface area contributed by atoms with E-state index in [1.54, 1.807) is 18.2 Å². The van der Waals surface area contributed by atoms with Crippen LogP contribution < -0.4 is 10.6 Å². The quantitative estimate of drug-likeness (QED) is 0.673. The maximum absolute atomic E-state index is 11.9. The molecule has 0 atom stereocenters. The van der Waals surface area contributed by atoms with E-state index in [2.05, 4.69) is 10.6 Å². The summed E-state index contributed by atoms with van der Waals surface area (Å²) in [5, 5.41) is 5.05. The molecule has 0 fully saturated rings. The summed E-state index contributed by atoms with van der Waals surface area (Å²) in [6.07, 6.45) is 0. The normalized spacial score (nSPS) is 10.0. The lowest BCUT2D eigenvalue weighted by molar-refractivity contribution is -0.136. The molecule has 2 amide bonds. The first kappa shape index (κ1) is 16.4. The van der Waals surface area contributed by atoms with Crippen molar-refractivity contribution >= 4 is 23.3 Å². The van der Waals surface area contributed by atoms with Gasteiger partial charge in [-0.1, -0.05) is 42.0 Å². The lowest BCUT2D eigenvalue weighted by Gasteiger charge is -2.08. The number of ketones is 1. The molecule has 0 aliphatic carbocycles. The fourth-order valence-electron chi connectivity index (χ4n) is 2.09. The number of hydrogen-bond acceptors (Lipinski definition) is 3. The summed E-state index contributed by atoms with van der Waals surface area (Å²) >= 11 is 0. The van der Waals surface area contributed by atoms with Gasteiger partial charge in [0.2, 0.25) is 0 Å². The van der Waals surface area contributed by atoms with E-state index in [-0.39, 0.29) is 12.3 Å². The predicted octanol–water partition coefficient (Wildman–Crippen LogP) is 2.45. The van der Waals surface area contributed by atoms with Gasteiger partial charge in [0, 0.05) is 17.8 Å². The first-order chi connectivity index (χ1) is 11.0. The summed E-state index contributed by atoms with van der Waals surface area (Å²) in [6, 6.07) is 14.1. The third-order valence-electron chi connectivity index (χ3n) is 3.27. The lowest BCUT2D eigenvalue weighted by Crippen LogP contribution is -2.35. The molecule has 0 unspecified atom stereocenters. The molecule has 0 bridgehead atoms. The highest BCUT2D eigenvalue weighted by atomic mass is 16.2. The van der Waals surface area contributed by atoms with Gasteiger partial charge in [0.15, 0.2) is 5.78 Å². The summed E-state index contributed by atoms with van der Waals surface area (Å²) in [7, 11) is 0. The zero-order valence-electron chi connectivity index (χ0n) is 13.1. The summed E-state index contributed by atoms with van der Waals surface area (Å²) in [4.78, 5) is 35.0. The van der Waals surface area contributed by atoms with Crippen molar-refractivity contribution in [3.05, 3.63) is 65.2 Å². The highest BCUT2D eigenvalue weighted by molar-refractivity contribution is 6.39.